The van der Waals surface area contributed by atoms with Crippen molar-refractivity contribution in [1.29, 1.82) is 0 Å². The van der Waals surface area contributed by atoms with Gasteiger partial charge in [0.25, 0.3) is 5.91 Å². The van der Waals surface area contributed by atoms with Gasteiger partial charge in [-0.05, 0) is 39.8 Å². The first-order valence-corrected chi connectivity index (χ1v) is 8.17. The summed E-state index contributed by atoms with van der Waals surface area (Å²) in [5.74, 6) is -2.21. The van der Waals surface area contributed by atoms with Crippen LogP contribution in [0, 0.1) is 0 Å². The van der Waals surface area contributed by atoms with Crippen LogP contribution in [0.25, 0.3) is 0 Å². The number of aliphatic hydroxyl groups is 1. The quantitative estimate of drug-likeness (QED) is 0.794. The van der Waals surface area contributed by atoms with Crippen molar-refractivity contribution in [3.63, 3.8) is 0 Å². The molecule has 1 aromatic heterocycles. The molecule has 0 saturated carbocycles. The Morgan fingerprint density at radius 2 is 2.00 bits per heavy atom. The van der Waals surface area contributed by atoms with Crippen molar-refractivity contribution in [2.45, 2.75) is 51.2 Å². The largest absolute Gasteiger partial charge is 0.458 e. The van der Waals surface area contributed by atoms with Gasteiger partial charge in [0.2, 0.25) is 0 Å². The molecule has 0 spiro atoms. The number of amides is 1. The van der Waals surface area contributed by atoms with Gasteiger partial charge in [-0.1, -0.05) is 6.07 Å². The molecule has 2 atom stereocenters. The van der Waals surface area contributed by atoms with E-state index in [1.54, 1.807) is 20.8 Å². The van der Waals surface area contributed by atoms with Crippen molar-refractivity contribution in [1.82, 2.24) is 4.98 Å². The highest BCUT2D eigenvalue weighted by Gasteiger charge is 2.52. The summed E-state index contributed by atoms with van der Waals surface area (Å²) in [4.78, 5) is 29.4. The average Bonchev–Trinajstić information content (AvgIpc) is 2.54. The highest BCUT2D eigenvalue weighted by atomic mass is 19.4. The van der Waals surface area contributed by atoms with Crippen LogP contribution in [0.4, 0.5) is 19.0 Å². The van der Waals surface area contributed by atoms with Gasteiger partial charge in [0.1, 0.15) is 17.1 Å². The van der Waals surface area contributed by atoms with Gasteiger partial charge in [-0.2, -0.15) is 13.2 Å². The molecule has 1 aliphatic heterocycles. The zero-order chi connectivity index (χ0) is 20.6. The number of morpholine rings is 1. The maximum Gasteiger partial charge on any atom is 0.433 e. The van der Waals surface area contributed by atoms with E-state index in [4.69, 9.17) is 9.47 Å². The fourth-order valence-corrected chi connectivity index (χ4v) is 2.51. The van der Waals surface area contributed by atoms with Gasteiger partial charge in [-0.25, -0.2) is 9.78 Å². The SMILES string of the molecule is CC(C)(C)OC(=O)C(O)C1(C)OCCN(c2cccc(C(F)(F)F)n2)C1=O. The minimum absolute atomic E-state index is 0.0796. The second-order valence-electron chi connectivity index (χ2n) is 7.23. The molecule has 2 rings (SSSR count). The number of carbonyl (C=O) groups excluding carboxylic acids is 2. The number of carbonyl (C=O) groups is 2. The van der Waals surface area contributed by atoms with E-state index in [0.29, 0.717) is 0 Å². The molecule has 1 N–H and O–H groups in total. The second kappa shape index (κ2) is 7.08. The van der Waals surface area contributed by atoms with E-state index in [9.17, 15) is 27.9 Å². The lowest BCUT2D eigenvalue weighted by Crippen LogP contribution is -2.63. The van der Waals surface area contributed by atoms with Gasteiger partial charge >= 0.3 is 12.1 Å². The Morgan fingerprint density at radius 3 is 2.56 bits per heavy atom. The number of esters is 1. The number of pyridine rings is 1. The smallest absolute Gasteiger partial charge is 0.433 e. The van der Waals surface area contributed by atoms with Crippen LogP contribution in [0.5, 0.6) is 0 Å². The van der Waals surface area contributed by atoms with Crippen LogP contribution >= 0.6 is 0 Å². The van der Waals surface area contributed by atoms with Crippen molar-refractivity contribution in [2.24, 2.45) is 0 Å². The monoisotopic (exact) mass is 390 g/mol. The number of halogens is 3. The maximum atomic E-state index is 12.9. The molecule has 27 heavy (non-hydrogen) atoms. The number of hydrogen-bond acceptors (Lipinski definition) is 6. The molecule has 2 unspecified atom stereocenters. The molecular formula is C17H21F3N2O5. The number of alkyl halides is 3. The summed E-state index contributed by atoms with van der Waals surface area (Å²) in [6.07, 6.45) is -6.64. The predicted molar refractivity (Wildman–Crippen MR) is 87.8 cm³/mol. The van der Waals surface area contributed by atoms with Gasteiger partial charge in [-0.15, -0.1) is 0 Å². The maximum absolute atomic E-state index is 12.9. The van der Waals surface area contributed by atoms with Gasteiger partial charge in [0, 0.05) is 0 Å². The Morgan fingerprint density at radius 1 is 1.37 bits per heavy atom. The highest BCUT2D eigenvalue weighted by Crippen LogP contribution is 2.31. The Balaban J connectivity index is 2.31. The number of rotatable bonds is 3. The molecule has 0 bridgehead atoms. The first kappa shape index (κ1) is 21.1. The van der Waals surface area contributed by atoms with Crippen molar-refractivity contribution < 1.29 is 37.3 Å². The minimum atomic E-state index is -4.68. The Bertz CT molecular complexity index is 732. The van der Waals surface area contributed by atoms with E-state index in [1.807, 2.05) is 0 Å². The molecular weight excluding hydrogens is 369 g/mol. The predicted octanol–water partition coefficient (Wildman–Crippen LogP) is 1.92. The zero-order valence-corrected chi connectivity index (χ0v) is 15.3. The Labute approximate surface area is 154 Å². The van der Waals surface area contributed by atoms with Gasteiger partial charge in [0.15, 0.2) is 11.7 Å². The van der Waals surface area contributed by atoms with E-state index < -0.39 is 41.1 Å². The second-order valence-corrected chi connectivity index (χ2v) is 7.23. The van der Waals surface area contributed by atoms with Crippen LogP contribution < -0.4 is 4.90 Å². The number of aliphatic hydroxyl groups excluding tert-OH is 1. The van der Waals surface area contributed by atoms with Crippen LogP contribution in [0.1, 0.15) is 33.4 Å². The summed E-state index contributed by atoms with van der Waals surface area (Å²) >= 11 is 0. The summed E-state index contributed by atoms with van der Waals surface area (Å²) in [7, 11) is 0. The third-order valence-corrected chi connectivity index (χ3v) is 3.84. The minimum Gasteiger partial charge on any atom is -0.458 e. The van der Waals surface area contributed by atoms with Crippen LogP contribution in [0.3, 0.4) is 0 Å². The molecule has 10 heteroatoms. The van der Waals surface area contributed by atoms with Crippen LogP contribution in [0.2, 0.25) is 0 Å². The number of nitrogens with zero attached hydrogens (tertiary/aromatic N) is 2. The topological polar surface area (TPSA) is 89.0 Å². The summed E-state index contributed by atoms with van der Waals surface area (Å²) in [5.41, 5.74) is -4.08. The molecule has 1 aromatic rings. The van der Waals surface area contributed by atoms with Crippen molar-refractivity contribution in [3.8, 4) is 0 Å². The standard InChI is InChI=1S/C17H21F3N2O5/c1-15(2,3)27-13(24)12(23)16(4)14(25)22(8-9-26-16)11-7-5-6-10(21-11)17(18,19)20/h5-7,12,23H,8-9H2,1-4H3. The molecule has 0 radical (unpaired) electrons. The first-order valence-electron chi connectivity index (χ1n) is 8.17. The average molecular weight is 390 g/mol. The van der Waals surface area contributed by atoms with Crippen molar-refractivity contribution in [2.75, 3.05) is 18.1 Å². The summed E-state index contributed by atoms with van der Waals surface area (Å²) in [6, 6.07) is 3.14. The van der Waals surface area contributed by atoms with Gasteiger partial charge in [0.05, 0.1) is 13.2 Å². The number of anilines is 1. The normalized spacial score (nSPS) is 22.5. The summed E-state index contributed by atoms with van der Waals surface area (Å²) < 4.78 is 49.1. The molecule has 1 amide bonds. The van der Waals surface area contributed by atoms with E-state index in [0.717, 1.165) is 17.0 Å². The highest BCUT2D eigenvalue weighted by molar-refractivity contribution is 6.02. The molecule has 1 saturated heterocycles. The Hall–Kier alpha value is -2.20. The molecule has 1 fully saturated rings. The van der Waals surface area contributed by atoms with E-state index >= 15 is 0 Å². The van der Waals surface area contributed by atoms with Crippen LogP contribution in [-0.2, 0) is 25.2 Å². The third kappa shape index (κ3) is 4.56. The van der Waals surface area contributed by atoms with Crippen LogP contribution in [0.15, 0.2) is 18.2 Å². The fourth-order valence-electron chi connectivity index (χ4n) is 2.51. The molecule has 1 aliphatic rings. The molecule has 0 aliphatic carbocycles. The molecule has 0 aromatic carbocycles. The lowest BCUT2D eigenvalue weighted by atomic mass is 9.95. The lowest BCUT2D eigenvalue weighted by molar-refractivity contribution is -0.191. The summed E-state index contributed by atoms with van der Waals surface area (Å²) in [5, 5.41) is 10.3. The number of ether oxygens (including phenoxy) is 2. The summed E-state index contributed by atoms with van der Waals surface area (Å²) in [6.45, 7) is 5.75. The van der Waals surface area contributed by atoms with Crippen molar-refractivity contribution in [3.05, 3.63) is 23.9 Å². The molecule has 150 valence electrons. The third-order valence-electron chi connectivity index (χ3n) is 3.84. The number of hydrogen-bond donors (Lipinski definition) is 1. The number of aromatic nitrogens is 1. The van der Waals surface area contributed by atoms with Gasteiger partial charge < -0.3 is 14.6 Å². The Kier molecular flexibility index (Phi) is 5.53. The molecule has 2 heterocycles. The fraction of sp³-hybridized carbons (Fsp3) is 0.588. The lowest BCUT2D eigenvalue weighted by Gasteiger charge is -2.41. The van der Waals surface area contributed by atoms with Crippen molar-refractivity contribution >= 4 is 17.7 Å². The zero-order valence-electron chi connectivity index (χ0n) is 15.3. The molecule has 7 nitrogen and oxygen atoms in total. The first-order chi connectivity index (χ1) is 12.3. The van der Waals surface area contributed by atoms with E-state index in [-0.39, 0.29) is 19.0 Å². The van der Waals surface area contributed by atoms with Crippen LogP contribution in [-0.4, -0.2) is 52.4 Å². The van der Waals surface area contributed by atoms with E-state index in [2.05, 4.69) is 4.98 Å². The van der Waals surface area contributed by atoms with E-state index in [1.165, 1.54) is 13.0 Å². The van der Waals surface area contributed by atoms with Gasteiger partial charge in [-0.3, -0.25) is 9.69 Å².